The Morgan fingerprint density at radius 3 is 1.05 bits per heavy atom. The number of nitrogens with one attached hydrogen (secondary N) is 1. The summed E-state index contributed by atoms with van der Waals surface area (Å²) in [6, 6.07) is -1.01. The van der Waals surface area contributed by atoms with E-state index < -0.39 is 36.9 Å². The van der Waals surface area contributed by atoms with Crippen molar-refractivity contribution in [3.8, 4) is 0 Å². The maximum atomic E-state index is 12.6. The predicted molar refractivity (Wildman–Crippen MR) is 261 cm³/mol. The third-order valence-corrected chi connectivity index (χ3v) is 12.6. The van der Waals surface area contributed by atoms with Crippen molar-refractivity contribution in [2.24, 2.45) is 0 Å². The summed E-state index contributed by atoms with van der Waals surface area (Å²) < 4.78 is 0. The van der Waals surface area contributed by atoms with Crippen molar-refractivity contribution >= 4 is 5.91 Å². The molecule has 0 aromatic heterocycles. The minimum atomic E-state index is -1.29. The molecule has 356 valence electrons. The maximum Gasteiger partial charge on any atom is 0.249 e. The highest BCUT2D eigenvalue weighted by atomic mass is 16.3. The molecule has 0 aromatic carbocycles. The average Bonchev–Trinajstić information content (AvgIpc) is 3.25. The zero-order chi connectivity index (χ0) is 43.8. The van der Waals surface area contributed by atoms with E-state index in [9.17, 15) is 25.2 Å². The van der Waals surface area contributed by atoms with Crippen molar-refractivity contribution in [3.63, 3.8) is 0 Å². The van der Waals surface area contributed by atoms with Gasteiger partial charge in [-0.15, -0.1) is 0 Å². The van der Waals surface area contributed by atoms with Crippen LogP contribution in [0.15, 0.2) is 24.3 Å². The van der Waals surface area contributed by atoms with Crippen molar-refractivity contribution in [1.29, 1.82) is 0 Å². The molecule has 0 radical (unpaired) electrons. The van der Waals surface area contributed by atoms with Gasteiger partial charge in [0, 0.05) is 0 Å². The number of amides is 1. The molecule has 0 aromatic rings. The summed E-state index contributed by atoms with van der Waals surface area (Å²) in [6.07, 6.45) is 58.2. The number of unbranched alkanes of at least 4 members (excludes halogenated alkanes) is 36. The summed E-state index contributed by atoms with van der Waals surface area (Å²) >= 11 is 0. The van der Waals surface area contributed by atoms with E-state index in [0.717, 1.165) is 38.5 Å². The molecule has 0 aliphatic carbocycles. The van der Waals surface area contributed by atoms with Crippen LogP contribution in [0.4, 0.5) is 0 Å². The van der Waals surface area contributed by atoms with Crippen LogP contribution in [0.1, 0.15) is 284 Å². The fourth-order valence-corrected chi connectivity index (χ4v) is 8.42. The number of allylic oxidation sites excluding steroid dienone is 4. The summed E-state index contributed by atoms with van der Waals surface area (Å²) in [6.45, 7) is 4.04. The van der Waals surface area contributed by atoms with E-state index in [1.165, 1.54) is 212 Å². The molecule has 4 unspecified atom stereocenters. The number of aliphatic hydroxyl groups excluding tert-OH is 4. The Morgan fingerprint density at radius 2 is 0.700 bits per heavy atom. The van der Waals surface area contributed by atoms with E-state index in [-0.39, 0.29) is 0 Å². The second kappa shape index (κ2) is 48.8. The summed E-state index contributed by atoms with van der Waals surface area (Å²) in [5, 5.41) is 43.8. The number of rotatable bonds is 49. The van der Waals surface area contributed by atoms with E-state index in [0.29, 0.717) is 19.3 Å². The topological polar surface area (TPSA) is 110 Å². The van der Waals surface area contributed by atoms with Gasteiger partial charge in [-0.05, 0) is 51.4 Å². The zero-order valence-corrected chi connectivity index (χ0v) is 40.2. The third kappa shape index (κ3) is 42.1. The molecule has 0 fully saturated rings. The van der Waals surface area contributed by atoms with E-state index in [1.54, 1.807) is 0 Å². The van der Waals surface area contributed by atoms with Crippen LogP contribution in [0.5, 0.6) is 0 Å². The van der Waals surface area contributed by atoms with E-state index >= 15 is 0 Å². The molecule has 6 nitrogen and oxygen atoms in total. The first-order valence-electron chi connectivity index (χ1n) is 26.7. The standard InChI is InChI=1S/C54H105NO5/c1-3-5-7-9-11-13-15-17-19-20-21-22-23-24-25-26-27-28-29-30-31-32-33-34-36-38-40-42-44-46-48-52(58)54(60)55-50(49-56)53(59)51(57)47-45-43-41-39-37-35-18-16-14-12-10-8-6-4-2/h16,18,39,41,50-53,56-59H,3-15,17,19-38,40,42-49H2,1-2H3,(H,55,60)/b18-16+,41-39+. The summed E-state index contributed by atoms with van der Waals surface area (Å²) in [5.74, 6) is -0.593. The normalized spacial score (nSPS) is 14.0. The van der Waals surface area contributed by atoms with Crippen LogP contribution in [0, 0.1) is 0 Å². The fourth-order valence-electron chi connectivity index (χ4n) is 8.42. The second-order valence-corrected chi connectivity index (χ2v) is 18.6. The Kier molecular flexibility index (Phi) is 47.8. The Morgan fingerprint density at radius 1 is 0.400 bits per heavy atom. The van der Waals surface area contributed by atoms with Crippen LogP contribution in [0.25, 0.3) is 0 Å². The smallest absolute Gasteiger partial charge is 0.249 e. The molecule has 0 saturated heterocycles. The molecule has 4 atom stereocenters. The lowest BCUT2D eigenvalue weighted by Crippen LogP contribution is -2.53. The van der Waals surface area contributed by atoms with E-state index in [4.69, 9.17) is 0 Å². The number of carbonyl (C=O) groups is 1. The van der Waals surface area contributed by atoms with Gasteiger partial charge in [0.05, 0.1) is 18.8 Å². The molecule has 6 heteroatoms. The molecule has 0 rings (SSSR count). The first kappa shape index (κ1) is 58.8. The SMILES string of the molecule is CCCCCCC/C=C/CC/C=C/CCCC(O)C(O)C(CO)NC(=O)C(O)CCCCCCCCCCCCCCCCCCCCCCCCCCCCCCCC. The summed E-state index contributed by atoms with van der Waals surface area (Å²) in [7, 11) is 0. The van der Waals surface area contributed by atoms with Gasteiger partial charge < -0.3 is 25.7 Å². The first-order chi connectivity index (χ1) is 29.5. The molecular weight excluding hydrogens is 743 g/mol. The van der Waals surface area contributed by atoms with E-state index in [2.05, 4.69) is 43.5 Å². The third-order valence-electron chi connectivity index (χ3n) is 12.6. The lowest BCUT2D eigenvalue weighted by Gasteiger charge is -2.27. The van der Waals surface area contributed by atoms with Crippen LogP contribution in [-0.2, 0) is 4.79 Å². The maximum absolute atomic E-state index is 12.6. The fraction of sp³-hybridized carbons (Fsp3) is 0.907. The summed E-state index contributed by atoms with van der Waals surface area (Å²) in [5.41, 5.74) is 0. The van der Waals surface area contributed by atoms with E-state index in [1.807, 2.05) is 0 Å². The highest BCUT2D eigenvalue weighted by molar-refractivity contribution is 5.80. The van der Waals surface area contributed by atoms with Gasteiger partial charge in [0.1, 0.15) is 12.2 Å². The summed E-state index contributed by atoms with van der Waals surface area (Å²) in [4.78, 5) is 12.6. The van der Waals surface area contributed by atoms with Crippen molar-refractivity contribution in [3.05, 3.63) is 24.3 Å². The van der Waals surface area contributed by atoms with Gasteiger partial charge in [0.25, 0.3) is 0 Å². The Balaban J connectivity index is 3.58. The Bertz CT molecular complexity index is 909. The van der Waals surface area contributed by atoms with Crippen LogP contribution in [0.2, 0.25) is 0 Å². The molecule has 1 amide bonds. The molecule has 0 saturated carbocycles. The molecule has 5 N–H and O–H groups in total. The number of carbonyl (C=O) groups excluding carboxylic acids is 1. The van der Waals surface area contributed by atoms with Gasteiger partial charge in [-0.25, -0.2) is 0 Å². The molecule has 0 spiro atoms. The van der Waals surface area contributed by atoms with Gasteiger partial charge in [-0.3, -0.25) is 4.79 Å². The van der Waals surface area contributed by atoms with Crippen LogP contribution in [0.3, 0.4) is 0 Å². The van der Waals surface area contributed by atoms with Gasteiger partial charge in [-0.1, -0.05) is 256 Å². The van der Waals surface area contributed by atoms with Crippen molar-refractivity contribution in [2.45, 2.75) is 308 Å². The van der Waals surface area contributed by atoms with Gasteiger partial charge in [0.15, 0.2) is 0 Å². The van der Waals surface area contributed by atoms with Crippen molar-refractivity contribution in [1.82, 2.24) is 5.32 Å². The number of aliphatic hydroxyl groups is 4. The highest BCUT2D eigenvalue weighted by Gasteiger charge is 2.28. The van der Waals surface area contributed by atoms with Gasteiger partial charge in [0.2, 0.25) is 5.91 Å². The zero-order valence-electron chi connectivity index (χ0n) is 40.2. The van der Waals surface area contributed by atoms with Crippen molar-refractivity contribution < 1.29 is 25.2 Å². The predicted octanol–water partition coefficient (Wildman–Crippen LogP) is 15.1. The monoisotopic (exact) mass is 848 g/mol. The molecule has 0 aliphatic heterocycles. The molecule has 0 heterocycles. The Hall–Kier alpha value is -1.21. The number of hydrogen-bond acceptors (Lipinski definition) is 5. The molecular formula is C54H105NO5. The largest absolute Gasteiger partial charge is 0.394 e. The van der Waals surface area contributed by atoms with Gasteiger partial charge in [-0.2, -0.15) is 0 Å². The molecule has 0 aliphatic rings. The quantitative estimate of drug-likeness (QED) is 0.0309. The van der Waals surface area contributed by atoms with Crippen LogP contribution < -0.4 is 5.32 Å². The molecule has 0 bridgehead atoms. The van der Waals surface area contributed by atoms with Gasteiger partial charge >= 0.3 is 0 Å². The van der Waals surface area contributed by atoms with Crippen molar-refractivity contribution in [2.75, 3.05) is 6.61 Å². The minimum Gasteiger partial charge on any atom is -0.394 e. The lowest BCUT2D eigenvalue weighted by molar-refractivity contribution is -0.132. The number of hydrogen-bond donors (Lipinski definition) is 5. The molecule has 60 heavy (non-hydrogen) atoms. The van der Waals surface area contributed by atoms with Crippen LogP contribution in [-0.4, -0.2) is 57.3 Å². The average molecular weight is 848 g/mol. The highest BCUT2D eigenvalue weighted by Crippen LogP contribution is 2.18. The van der Waals surface area contributed by atoms with Crippen LogP contribution >= 0.6 is 0 Å². The first-order valence-corrected chi connectivity index (χ1v) is 26.7. The second-order valence-electron chi connectivity index (χ2n) is 18.6. The lowest BCUT2D eigenvalue weighted by atomic mass is 10.00. The minimum absolute atomic E-state index is 0.364. The Labute approximate surface area is 374 Å².